The number of esters is 1. The fourth-order valence-electron chi connectivity index (χ4n) is 6.72. The topological polar surface area (TPSA) is 100 Å². The van der Waals surface area contributed by atoms with Crippen LogP contribution in [0.3, 0.4) is 0 Å². The second-order valence-electron chi connectivity index (χ2n) is 14.0. The summed E-state index contributed by atoms with van der Waals surface area (Å²) in [6, 6.07) is 29.5. The second-order valence-corrected chi connectivity index (χ2v) is 14.0. The summed E-state index contributed by atoms with van der Waals surface area (Å²) in [6.45, 7) is 12.4. The lowest BCUT2D eigenvalue weighted by Gasteiger charge is -2.37. The summed E-state index contributed by atoms with van der Waals surface area (Å²) < 4.78 is 56.4. The Morgan fingerprint density at radius 1 is 0.725 bits per heavy atom. The molecule has 10 heteroatoms. The maximum absolute atomic E-state index is 13.8. The first kappa shape index (κ1) is 37.3. The van der Waals surface area contributed by atoms with Crippen molar-refractivity contribution in [1.82, 2.24) is 0 Å². The zero-order valence-electron chi connectivity index (χ0n) is 29.9. The van der Waals surface area contributed by atoms with Gasteiger partial charge in [-0.2, -0.15) is 0 Å². The third-order valence-electron chi connectivity index (χ3n) is 9.05. The summed E-state index contributed by atoms with van der Waals surface area (Å²) in [4.78, 5) is 13.8. The lowest BCUT2D eigenvalue weighted by Crippen LogP contribution is -2.55. The molecule has 0 N–H and O–H groups in total. The van der Waals surface area contributed by atoms with Crippen LogP contribution in [0.25, 0.3) is 0 Å². The molecule has 0 radical (unpaired) electrons. The average Bonchev–Trinajstić information content (AvgIpc) is 3.63. The van der Waals surface area contributed by atoms with Crippen molar-refractivity contribution in [2.75, 3.05) is 6.61 Å². The highest BCUT2D eigenvalue weighted by Crippen LogP contribution is 2.45. The van der Waals surface area contributed by atoms with Gasteiger partial charge in [-0.05, 0) is 50.8 Å². The smallest absolute Gasteiger partial charge is 0.306 e. The minimum Gasteiger partial charge on any atom is -0.457 e. The van der Waals surface area contributed by atoms with Crippen molar-refractivity contribution < 1.29 is 47.4 Å². The minimum atomic E-state index is -0.841. The van der Waals surface area contributed by atoms with Crippen molar-refractivity contribution in [2.45, 2.75) is 121 Å². The summed E-state index contributed by atoms with van der Waals surface area (Å²) in [5.41, 5.74) is 2.96. The maximum Gasteiger partial charge on any atom is 0.306 e. The Balaban J connectivity index is 1.18. The maximum atomic E-state index is 13.8. The first-order valence-corrected chi connectivity index (χ1v) is 17.7. The zero-order chi connectivity index (χ0) is 35.8. The van der Waals surface area contributed by atoms with Gasteiger partial charge in [0.2, 0.25) is 0 Å². The first-order chi connectivity index (χ1) is 24.6. The summed E-state index contributed by atoms with van der Waals surface area (Å²) in [5.74, 6) is -2.12. The molecule has 3 aliphatic heterocycles. The number of rotatable bonds is 17. The lowest BCUT2D eigenvalue weighted by molar-refractivity contribution is -0.235. The van der Waals surface area contributed by atoms with Crippen LogP contribution < -0.4 is 0 Å². The molecule has 3 heterocycles. The van der Waals surface area contributed by atoms with Crippen molar-refractivity contribution in [2.24, 2.45) is 0 Å². The van der Waals surface area contributed by atoms with E-state index in [1.165, 1.54) is 0 Å². The first-order valence-electron chi connectivity index (χ1n) is 17.7. The molecule has 0 aliphatic carbocycles. The predicted molar refractivity (Wildman–Crippen MR) is 188 cm³/mol. The van der Waals surface area contributed by atoms with Crippen LogP contribution in [0.15, 0.2) is 104 Å². The van der Waals surface area contributed by atoms with Crippen LogP contribution >= 0.6 is 0 Å². The molecule has 0 bridgehead atoms. The van der Waals surface area contributed by atoms with E-state index in [4.69, 9.17) is 42.6 Å². The van der Waals surface area contributed by atoms with Gasteiger partial charge in [0.05, 0.1) is 32.5 Å². The van der Waals surface area contributed by atoms with Gasteiger partial charge in [0.1, 0.15) is 30.5 Å². The van der Waals surface area contributed by atoms with Crippen LogP contribution in [-0.4, -0.2) is 73.2 Å². The Labute approximate surface area is 300 Å². The Bertz CT molecular complexity index is 1530. The van der Waals surface area contributed by atoms with Crippen LogP contribution in [0.2, 0.25) is 0 Å². The molecule has 6 rings (SSSR count). The van der Waals surface area contributed by atoms with Crippen LogP contribution in [-0.2, 0) is 67.2 Å². The Hall–Kier alpha value is -3.45. The number of carbonyl (C=O) groups excluding carboxylic acids is 1. The van der Waals surface area contributed by atoms with Gasteiger partial charge in [-0.3, -0.25) is 4.79 Å². The fraction of sp³-hybridized carbons (Fsp3) is 0.488. The zero-order valence-corrected chi connectivity index (χ0v) is 29.9. The van der Waals surface area contributed by atoms with Gasteiger partial charge in [0.25, 0.3) is 0 Å². The van der Waals surface area contributed by atoms with Crippen LogP contribution in [0.1, 0.15) is 57.2 Å². The van der Waals surface area contributed by atoms with Gasteiger partial charge in [-0.15, -0.1) is 6.58 Å². The number of ether oxygens (including phenoxy) is 9. The standard InChI is InChI=1S/C41H50O10/c1-6-31(44-25-29-18-12-8-13-19-29)35(45-26-30-20-14-9-15-21-30)33(27-43-24-28-16-10-7-11-17-28)46-34(42)23-22-32-36-37(49-40(2,3)48-36)38-39(47-32)51-41(4,5)50-38/h6-21,31-33,35-39H,1,22-27H2,2-5H3/t31-,32-,33-,35-,36+,37+,38-,39-/m1/s1. The summed E-state index contributed by atoms with van der Waals surface area (Å²) in [6.07, 6.45) is -2.59. The normalized spacial score (nSPS) is 26.4. The van der Waals surface area contributed by atoms with E-state index < -0.39 is 66.6 Å². The van der Waals surface area contributed by atoms with Crippen LogP contribution in [0.5, 0.6) is 0 Å². The van der Waals surface area contributed by atoms with Crippen molar-refractivity contribution in [3.05, 3.63) is 120 Å². The van der Waals surface area contributed by atoms with E-state index in [1.807, 2.05) is 119 Å². The van der Waals surface area contributed by atoms with Gasteiger partial charge in [-0.1, -0.05) is 97.1 Å². The SMILES string of the molecule is C=C[C@@H](OCc1ccccc1)[C@@H](OCc1ccccc1)[C@@H](COCc1ccccc1)OC(=O)CC[C@H]1O[C@@H]2OC(C)(C)O[C@@H]2[C@H]2OC(C)(C)O[C@H]21. The molecule has 8 atom stereocenters. The van der Waals surface area contributed by atoms with Crippen molar-refractivity contribution >= 4 is 5.97 Å². The molecule has 0 spiro atoms. The van der Waals surface area contributed by atoms with E-state index >= 15 is 0 Å². The van der Waals surface area contributed by atoms with E-state index in [0.29, 0.717) is 19.6 Å². The van der Waals surface area contributed by atoms with Gasteiger partial charge >= 0.3 is 5.97 Å². The van der Waals surface area contributed by atoms with Gasteiger partial charge < -0.3 is 42.6 Å². The third-order valence-corrected chi connectivity index (χ3v) is 9.05. The number of hydrogen-bond donors (Lipinski definition) is 0. The highest BCUT2D eigenvalue weighted by molar-refractivity contribution is 5.69. The highest BCUT2D eigenvalue weighted by atomic mass is 16.9. The summed E-state index contributed by atoms with van der Waals surface area (Å²) in [7, 11) is 0. The molecular weight excluding hydrogens is 652 g/mol. The van der Waals surface area contributed by atoms with E-state index in [9.17, 15) is 4.79 Å². The Morgan fingerprint density at radius 3 is 1.86 bits per heavy atom. The van der Waals surface area contributed by atoms with Gasteiger partial charge in [-0.25, -0.2) is 0 Å². The monoisotopic (exact) mass is 702 g/mol. The average molecular weight is 703 g/mol. The third kappa shape index (κ3) is 10.1. The van der Waals surface area contributed by atoms with Crippen LogP contribution in [0, 0.1) is 0 Å². The number of fused-ring (bicyclic) bond motifs is 3. The molecule has 3 aliphatic rings. The molecule has 274 valence electrons. The number of hydrogen-bond acceptors (Lipinski definition) is 10. The fourth-order valence-corrected chi connectivity index (χ4v) is 6.72. The number of carbonyl (C=O) groups is 1. The molecule has 3 aromatic carbocycles. The van der Waals surface area contributed by atoms with Crippen molar-refractivity contribution in [3.63, 3.8) is 0 Å². The molecule has 0 saturated carbocycles. The summed E-state index contributed by atoms with van der Waals surface area (Å²) in [5, 5.41) is 0. The van der Waals surface area contributed by atoms with E-state index in [1.54, 1.807) is 6.08 Å². The lowest BCUT2D eigenvalue weighted by atomic mass is 9.96. The van der Waals surface area contributed by atoms with E-state index in [2.05, 4.69) is 6.58 Å². The molecule has 3 fully saturated rings. The molecule has 10 nitrogen and oxygen atoms in total. The molecular formula is C41H50O10. The highest BCUT2D eigenvalue weighted by Gasteiger charge is 2.60. The molecule has 0 aromatic heterocycles. The minimum absolute atomic E-state index is 0.0452. The Kier molecular flexibility index (Phi) is 12.4. The van der Waals surface area contributed by atoms with Gasteiger partial charge in [0, 0.05) is 6.42 Å². The molecule has 0 amide bonds. The van der Waals surface area contributed by atoms with Crippen molar-refractivity contribution in [1.29, 1.82) is 0 Å². The Morgan fingerprint density at radius 2 is 1.25 bits per heavy atom. The van der Waals surface area contributed by atoms with E-state index in [0.717, 1.165) is 16.7 Å². The molecule has 51 heavy (non-hydrogen) atoms. The second kappa shape index (κ2) is 16.9. The summed E-state index contributed by atoms with van der Waals surface area (Å²) >= 11 is 0. The van der Waals surface area contributed by atoms with Gasteiger partial charge in [0.15, 0.2) is 24.0 Å². The van der Waals surface area contributed by atoms with Crippen molar-refractivity contribution in [3.8, 4) is 0 Å². The molecule has 3 aromatic rings. The quantitative estimate of drug-likeness (QED) is 0.112. The molecule has 3 saturated heterocycles. The number of benzene rings is 3. The molecule has 0 unspecified atom stereocenters. The van der Waals surface area contributed by atoms with Crippen LogP contribution in [0.4, 0.5) is 0 Å². The van der Waals surface area contributed by atoms with E-state index in [-0.39, 0.29) is 19.6 Å². The predicted octanol–water partition coefficient (Wildman–Crippen LogP) is 6.65. The largest absolute Gasteiger partial charge is 0.457 e.